The SMILES string of the molecule is CCc1cccc(CC)c1N1CCN(c2c(CC)cccc2CC)C1C(C)(C)C. The van der Waals surface area contributed by atoms with Crippen molar-refractivity contribution in [1.82, 2.24) is 0 Å². The van der Waals surface area contributed by atoms with Crippen molar-refractivity contribution in [3.05, 3.63) is 58.7 Å². The Bertz CT molecular complexity index is 723. The summed E-state index contributed by atoms with van der Waals surface area (Å²) in [5, 5.41) is 0. The van der Waals surface area contributed by atoms with Gasteiger partial charge in [0.05, 0.1) is 0 Å². The Morgan fingerprint density at radius 2 is 0.966 bits per heavy atom. The van der Waals surface area contributed by atoms with E-state index in [1.807, 2.05) is 0 Å². The standard InChI is InChI=1S/C27H40N2/c1-8-20-14-12-15-21(9-2)24(20)28-18-19-29(26(28)27(5,6)7)25-22(10-3)16-13-17-23(25)11-4/h12-17,26H,8-11,18-19H2,1-7H3. The topological polar surface area (TPSA) is 6.48 Å². The molecule has 2 aromatic carbocycles. The highest BCUT2D eigenvalue weighted by Gasteiger charge is 2.42. The number of nitrogens with zero attached hydrogens (tertiary/aromatic N) is 2. The molecule has 158 valence electrons. The molecule has 1 heterocycles. The number of benzene rings is 2. The van der Waals surface area contributed by atoms with Gasteiger partial charge < -0.3 is 9.80 Å². The first-order valence-corrected chi connectivity index (χ1v) is 11.6. The van der Waals surface area contributed by atoms with Gasteiger partial charge in [-0.25, -0.2) is 0 Å². The van der Waals surface area contributed by atoms with Crippen molar-refractivity contribution in [2.75, 3.05) is 22.9 Å². The highest BCUT2D eigenvalue weighted by molar-refractivity contribution is 5.68. The van der Waals surface area contributed by atoms with Gasteiger partial charge in [-0.05, 0) is 47.9 Å². The Morgan fingerprint density at radius 3 is 1.21 bits per heavy atom. The second-order valence-electron chi connectivity index (χ2n) is 9.39. The van der Waals surface area contributed by atoms with Crippen molar-refractivity contribution >= 4 is 11.4 Å². The summed E-state index contributed by atoms with van der Waals surface area (Å²) in [5.41, 5.74) is 9.08. The zero-order valence-electron chi connectivity index (χ0n) is 19.7. The zero-order chi connectivity index (χ0) is 21.2. The molecule has 1 fully saturated rings. The van der Waals surface area contributed by atoms with E-state index in [-0.39, 0.29) is 5.41 Å². The molecule has 1 aliphatic rings. The first-order valence-electron chi connectivity index (χ1n) is 11.6. The third-order valence-corrected chi connectivity index (χ3v) is 6.45. The predicted molar refractivity (Wildman–Crippen MR) is 128 cm³/mol. The van der Waals surface area contributed by atoms with E-state index in [2.05, 4.69) is 94.7 Å². The van der Waals surface area contributed by atoms with Gasteiger partial charge in [0.1, 0.15) is 6.17 Å². The Balaban J connectivity index is 2.17. The molecule has 0 N–H and O–H groups in total. The van der Waals surface area contributed by atoms with Crippen LogP contribution in [-0.2, 0) is 25.7 Å². The average Bonchev–Trinajstić information content (AvgIpc) is 3.17. The minimum absolute atomic E-state index is 0.147. The summed E-state index contributed by atoms with van der Waals surface area (Å²) in [6.07, 6.45) is 4.70. The quantitative estimate of drug-likeness (QED) is 0.544. The molecule has 0 bridgehead atoms. The Hall–Kier alpha value is -1.96. The first-order chi connectivity index (χ1) is 13.9. The van der Waals surface area contributed by atoms with Crippen molar-refractivity contribution in [3.63, 3.8) is 0 Å². The predicted octanol–water partition coefficient (Wildman–Crippen LogP) is 6.64. The monoisotopic (exact) mass is 392 g/mol. The maximum Gasteiger partial charge on any atom is 0.107 e. The maximum absolute atomic E-state index is 2.73. The average molecular weight is 393 g/mol. The van der Waals surface area contributed by atoms with Gasteiger partial charge in [-0.15, -0.1) is 0 Å². The summed E-state index contributed by atoms with van der Waals surface area (Å²) < 4.78 is 0. The first kappa shape index (κ1) is 21.7. The molecular weight excluding hydrogens is 352 g/mol. The van der Waals surface area contributed by atoms with Crippen LogP contribution >= 0.6 is 0 Å². The van der Waals surface area contributed by atoms with E-state index in [0.717, 1.165) is 38.8 Å². The smallest absolute Gasteiger partial charge is 0.107 e. The van der Waals surface area contributed by atoms with Crippen molar-refractivity contribution < 1.29 is 0 Å². The molecule has 0 spiro atoms. The number of hydrogen-bond acceptors (Lipinski definition) is 2. The Kier molecular flexibility index (Phi) is 6.61. The third kappa shape index (κ3) is 4.04. The number of rotatable bonds is 6. The highest BCUT2D eigenvalue weighted by atomic mass is 15.4. The van der Waals surface area contributed by atoms with Crippen LogP contribution in [0, 0.1) is 5.41 Å². The summed E-state index contributed by atoms with van der Waals surface area (Å²) in [5.74, 6) is 0. The van der Waals surface area contributed by atoms with E-state index in [1.165, 1.54) is 33.6 Å². The van der Waals surface area contributed by atoms with Crippen LogP contribution in [0.5, 0.6) is 0 Å². The molecule has 29 heavy (non-hydrogen) atoms. The number of aryl methyl sites for hydroxylation is 4. The fraction of sp³-hybridized carbons (Fsp3) is 0.556. The molecule has 2 heteroatoms. The van der Waals surface area contributed by atoms with Crippen LogP contribution in [0.1, 0.15) is 70.7 Å². The van der Waals surface area contributed by atoms with Gasteiger partial charge in [-0.2, -0.15) is 0 Å². The molecule has 0 unspecified atom stereocenters. The molecule has 2 nitrogen and oxygen atoms in total. The lowest BCUT2D eigenvalue weighted by Gasteiger charge is -2.43. The normalized spacial score (nSPS) is 15.4. The van der Waals surface area contributed by atoms with E-state index >= 15 is 0 Å². The van der Waals surface area contributed by atoms with Gasteiger partial charge in [0.2, 0.25) is 0 Å². The molecule has 2 aromatic rings. The second-order valence-corrected chi connectivity index (χ2v) is 9.39. The van der Waals surface area contributed by atoms with E-state index in [0.29, 0.717) is 6.17 Å². The van der Waals surface area contributed by atoms with Crippen molar-refractivity contribution in [2.45, 2.75) is 80.3 Å². The second kappa shape index (κ2) is 8.81. The van der Waals surface area contributed by atoms with Crippen LogP contribution in [0.15, 0.2) is 36.4 Å². The number of para-hydroxylation sites is 2. The molecular formula is C27H40N2. The molecule has 1 aliphatic heterocycles. The maximum atomic E-state index is 2.73. The third-order valence-electron chi connectivity index (χ3n) is 6.45. The van der Waals surface area contributed by atoms with Crippen molar-refractivity contribution in [3.8, 4) is 0 Å². The molecule has 0 atom stereocenters. The lowest BCUT2D eigenvalue weighted by atomic mass is 9.88. The van der Waals surface area contributed by atoms with Crippen LogP contribution in [-0.4, -0.2) is 19.3 Å². The van der Waals surface area contributed by atoms with Gasteiger partial charge in [0.25, 0.3) is 0 Å². The zero-order valence-corrected chi connectivity index (χ0v) is 19.7. The number of hydrogen-bond donors (Lipinski definition) is 0. The summed E-state index contributed by atoms with van der Waals surface area (Å²) in [7, 11) is 0. The Morgan fingerprint density at radius 1 is 0.655 bits per heavy atom. The van der Waals surface area contributed by atoms with Crippen molar-refractivity contribution in [2.24, 2.45) is 5.41 Å². The van der Waals surface area contributed by atoms with E-state index < -0.39 is 0 Å². The summed E-state index contributed by atoms with van der Waals surface area (Å²) in [6, 6.07) is 13.8. The van der Waals surface area contributed by atoms with E-state index in [4.69, 9.17) is 0 Å². The van der Waals surface area contributed by atoms with Crippen LogP contribution in [0.25, 0.3) is 0 Å². The van der Waals surface area contributed by atoms with Crippen LogP contribution in [0.4, 0.5) is 11.4 Å². The summed E-state index contributed by atoms with van der Waals surface area (Å²) >= 11 is 0. The molecule has 0 aliphatic carbocycles. The van der Waals surface area contributed by atoms with Gasteiger partial charge in [-0.1, -0.05) is 84.9 Å². The minimum atomic E-state index is 0.147. The Labute approximate surface area is 178 Å². The van der Waals surface area contributed by atoms with E-state index in [9.17, 15) is 0 Å². The fourth-order valence-corrected chi connectivity index (χ4v) is 5.20. The summed E-state index contributed by atoms with van der Waals surface area (Å²) in [4.78, 5) is 5.45. The molecule has 0 radical (unpaired) electrons. The molecule has 0 aromatic heterocycles. The van der Waals surface area contributed by atoms with E-state index in [1.54, 1.807) is 0 Å². The molecule has 3 rings (SSSR count). The van der Waals surface area contributed by atoms with Crippen LogP contribution < -0.4 is 9.80 Å². The highest BCUT2D eigenvalue weighted by Crippen LogP contribution is 2.42. The minimum Gasteiger partial charge on any atom is -0.348 e. The molecule has 0 saturated carbocycles. The van der Waals surface area contributed by atoms with Gasteiger partial charge >= 0.3 is 0 Å². The number of anilines is 2. The lowest BCUT2D eigenvalue weighted by molar-refractivity contribution is 0.322. The van der Waals surface area contributed by atoms with Gasteiger partial charge in [0.15, 0.2) is 0 Å². The molecule has 0 amide bonds. The van der Waals surface area contributed by atoms with Crippen LogP contribution in [0.3, 0.4) is 0 Å². The van der Waals surface area contributed by atoms with Crippen molar-refractivity contribution in [1.29, 1.82) is 0 Å². The van der Waals surface area contributed by atoms with Gasteiger partial charge in [-0.3, -0.25) is 0 Å². The fourth-order valence-electron chi connectivity index (χ4n) is 5.20. The van der Waals surface area contributed by atoms with Crippen LogP contribution in [0.2, 0.25) is 0 Å². The largest absolute Gasteiger partial charge is 0.348 e. The summed E-state index contributed by atoms with van der Waals surface area (Å²) in [6.45, 7) is 18.6. The van der Waals surface area contributed by atoms with Gasteiger partial charge in [0, 0.05) is 29.9 Å². The lowest BCUT2D eigenvalue weighted by Crippen LogP contribution is -2.49. The molecule has 1 saturated heterocycles.